The lowest BCUT2D eigenvalue weighted by Gasteiger charge is -2.40. The largest absolute Gasteiger partial charge is 0.679 e. The summed E-state index contributed by atoms with van der Waals surface area (Å²) in [5, 5.41) is 4.77. The van der Waals surface area contributed by atoms with Crippen molar-refractivity contribution in [3.8, 4) is 56.4 Å². The Hall–Kier alpha value is -6.52. The zero-order valence-corrected chi connectivity index (χ0v) is 27.1. The fourth-order valence-corrected chi connectivity index (χ4v) is 8.05. The van der Waals surface area contributed by atoms with Crippen molar-refractivity contribution in [2.75, 3.05) is 6.54 Å². The quantitative estimate of drug-likeness (QED) is 0.192. The number of rotatable bonds is 4. The summed E-state index contributed by atoms with van der Waals surface area (Å²) in [7, 11) is 0. The first-order valence-electron chi connectivity index (χ1n) is 17.0. The molecule has 0 saturated heterocycles. The van der Waals surface area contributed by atoms with Gasteiger partial charge in [0.25, 0.3) is 0 Å². The summed E-state index contributed by atoms with van der Waals surface area (Å²) in [5.41, 5.74) is 13.2. The van der Waals surface area contributed by atoms with Crippen LogP contribution in [0.3, 0.4) is 0 Å². The molecule has 0 atom stereocenters. The molecule has 4 heteroatoms. The number of benzene rings is 6. The first-order valence-corrected chi connectivity index (χ1v) is 17.0. The van der Waals surface area contributed by atoms with Gasteiger partial charge in [-0.05, 0) is 39.9 Å². The van der Waals surface area contributed by atoms with E-state index in [1.807, 2.05) is 42.5 Å². The van der Waals surface area contributed by atoms with Crippen LogP contribution < -0.4 is 4.74 Å². The van der Waals surface area contributed by atoms with Crippen molar-refractivity contribution in [2.24, 2.45) is 0 Å². The number of hydrogen-bond donors (Lipinski definition) is 0. The Morgan fingerprint density at radius 1 is 0.520 bits per heavy atom. The first-order chi connectivity index (χ1) is 24.8. The van der Waals surface area contributed by atoms with Gasteiger partial charge in [0, 0.05) is 27.8 Å². The second-order valence-electron chi connectivity index (χ2n) is 12.8. The van der Waals surface area contributed by atoms with Crippen LogP contribution in [0.5, 0.6) is 11.5 Å². The third kappa shape index (κ3) is 4.18. The highest BCUT2D eigenvalue weighted by molar-refractivity contribution is 5.92. The summed E-state index contributed by atoms with van der Waals surface area (Å²) < 4.78 is 7.01. The third-order valence-electron chi connectivity index (χ3n) is 10.1. The summed E-state index contributed by atoms with van der Waals surface area (Å²) in [6, 6.07) is 53.4. The molecule has 1 aromatic heterocycles. The van der Waals surface area contributed by atoms with Gasteiger partial charge in [-0.25, -0.2) is 9.97 Å². The second-order valence-corrected chi connectivity index (χ2v) is 12.8. The minimum absolute atomic E-state index is 0.540. The zero-order chi connectivity index (χ0) is 33.1. The molecule has 2 aliphatic heterocycles. The van der Waals surface area contributed by atoms with Crippen LogP contribution in [0.2, 0.25) is 0 Å². The summed E-state index contributed by atoms with van der Waals surface area (Å²) in [6.07, 6.45) is 6.11. The van der Waals surface area contributed by atoms with Crippen molar-refractivity contribution in [2.45, 2.75) is 5.41 Å². The normalized spacial score (nSPS) is 14.4. The van der Waals surface area contributed by atoms with Crippen LogP contribution in [-0.2, 0) is 5.41 Å². The number of ether oxygens (including phenoxy) is 1. The molecule has 10 rings (SSSR count). The fraction of sp³-hybridized carbons (Fsp3) is 0.0435. The molecule has 0 saturated carbocycles. The number of para-hydroxylation sites is 2. The summed E-state index contributed by atoms with van der Waals surface area (Å²) in [5.74, 6) is 2.35. The van der Waals surface area contributed by atoms with Crippen molar-refractivity contribution in [3.05, 3.63) is 203 Å². The topological polar surface area (TPSA) is 49.1 Å². The molecule has 0 amide bonds. The second kappa shape index (κ2) is 11.3. The lowest BCUT2D eigenvalue weighted by atomic mass is 9.65. The Morgan fingerprint density at radius 2 is 1.12 bits per heavy atom. The molecule has 0 N–H and O–H groups in total. The van der Waals surface area contributed by atoms with E-state index >= 15 is 0 Å². The number of aromatic nitrogens is 2. The highest BCUT2D eigenvalue weighted by Crippen LogP contribution is 2.63. The number of allylic oxidation sites excluding steroid dienone is 2. The lowest BCUT2D eigenvalue weighted by molar-refractivity contribution is 0.438. The van der Waals surface area contributed by atoms with Crippen molar-refractivity contribution < 1.29 is 4.74 Å². The molecule has 0 fully saturated rings. The van der Waals surface area contributed by atoms with Crippen LogP contribution in [0.15, 0.2) is 170 Å². The Kier molecular flexibility index (Phi) is 6.43. The van der Waals surface area contributed by atoms with Crippen LogP contribution in [0.1, 0.15) is 27.9 Å². The summed E-state index contributed by atoms with van der Waals surface area (Å²) in [6.45, 7) is 0.630. The fourth-order valence-electron chi connectivity index (χ4n) is 8.05. The highest BCUT2D eigenvalue weighted by Gasteiger charge is 2.51. The van der Waals surface area contributed by atoms with E-state index in [1.54, 1.807) is 0 Å². The third-order valence-corrected chi connectivity index (χ3v) is 10.1. The van der Waals surface area contributed by atoms with Crippen molar-refractivity contribution >= 4 is 5.70 Å². The molecular weight excluding hydrogens is 611 g/mol. The van der Waals surface area contributed by atoms with E-state index in [1.165, 1.54) is 22.3 Å². The van der Waals surface area contributed by atoms with Crippen molar-refractivity contribution in [1.29, 1.82) is 0 Å². The predicted octanol–water partition coefficient (Wildman–Crippen LogP) is 11.2. The van der Waals surface area contributed by atoms with Gasteiger partial charge in [0.15, 0.2) is 5.82 Å². The number of fused-ring (bicyclic) bond motifs is 9. The van der Waals surface area contributed by atoms with Gasteiger partial charge in [0.05, 0.1) is 16.8 Å². The number of nitrogens with zero attached hydrogens (tertiary/aromatic N) is 3. The van der Waals surface area contributed by atoms with Crippen LogP contribution in [0.25, 0.3) is 55.9 Å². The van der Waals surface area contributed by atoms with Gasteiger partial charge in [0.1, 0.15) is 11.5 Å². The average Bonchev–Trinajstić information content (AvgIpc) is 3.49. The number of hydrogen-bond acceptors (Lipinski definition) is 3. The SMILES string of the molecule is C1=CC[N-]C(c2cc(-c3ccccc3)nc(-c3ccccc3-c3cccc4c3Oc3ccccc3C43c4ccccc4-c4ccccc43)n2)=C1. The van der Waals surface area contributed by atoms with E-state index in [-0.39, 0.29) is 0 Å². The van der Waals surface area contributed by atoms with Gasteiger partial charge in [-0.2, -0.15) is 0 Å². The molecular formula is C46H30N3O-. The van der Waals surface area contributed by atoms with Gasteiger partial charge in [0.2, 0.25) is 0 Å². The first kappa shape index (κ1) is 28.5. The van der Waals surface area contributed by atoms with E-state index in [9.17, 15) is 0 Å². The maximum absolute atomic E-state index is 7.01. The van der Waals surface area contributed by atoms with Crippen LogP contribution >= 0.6 is 0 Å². The summed E-state index contributed by atoms with van der Waals surface area (Å²) >= 11 is 0. The average molecular weight is 641 g/mol. The molecule has 1 spiro atoms. The Labute approximate surface area is 291 Å². The Morgan fingerprint density at radius 3 is 1.86 bits per heavy atom. The van der Waals surface area contributed by atoms with Gasteiger partial charge in [-0.1, -0.05) is 152 Å². The van der Waals surface area contributed by atoms with E-state index in [2.05, 4.69) is 127 Å². The molecule has 3 aliphatic rings. The summed E-state index contributed by atoms with van der Waals surface area (Å²) in [4.78, 5) is 10.4. The zero-order valence-electron chi connectivity index (χ0n) is 27.1. The van der Waals surface area contributed by atoms with Gasteiger partial charge in [-0.15, -0.1) is 18.3 Å². The molecule has 0 bridgehead atoms. The van der Waals surface area contributed by atoms with Crippen molar-refractivity contribution in [1.82, 2.24) is 9.97 Å². The van der Waals surface area contributed by atoms with Gasteiger partial charge < -0.3 is 10.1 Å². The monoisotopic (exact) mass is 640 g/mol. The van der Waals surface area contributed by atoms with Gasteiger partial charge >= 0.3 is 0 Å². The van der Waals surface area contributed by atoms with E-state index < -0.39 is 5.41 Å². The van der Waals surface area contributed by atoms with E-state index in [0.717, 1.165) is 62.0 Å². The lowest BCUT2D eigenvalue weighted by Crippen LogP contribution is -2.32. The van der Waals surface area contributed by atoms with E-state index in [0.29, 0.717) is 12.4 Å². The van der Waals surface area contributed by atoms with Crippen LogP contribution in [0, 0.1) is 0 Å². The van der Waals surface area contributed by atoms with Crippen LogP contribution in [0.4, 0.5) is 0 Å². The minimum atomic E-state index is -0.540. The molecule has 0 radical (unpaired) electrons. The maximum atomic E-state index is 7.01. The minimum Gasteiger partial charge on any atom is -0.679 e. The highest BCUT2D eigenvalue weighted by atomic mass is 16.5. The van der Waals surface area contributed by atoms with Crippen molar-refractivity contribution in [3.63, 3.8) is 0 Å². The molecule has 6 aromatic carbocycles. The Bertz CT molecular complexity index is 2480. The van der Waals surface area contributed by atoms with Gasteiger partial charge in [-0.3, -0.25) is 0 Å². The Balaban J connectivity index is 1.23. The van der Waals surface area contributed by atoms with Crippen LogP contribution in [-0.4, -0.2) is 16.5 Å². The molecule has 0 unspecified atom stereocenters. The predicted molar refractivity (Wildman–Crippen MR) is 201 cm³/mol. The maximum Gasteiger partial charge on any atom is 0.160 e. The molecule has 236 valence electrons. The molecule has 4 nitrogen and oxygen atoms in total. The standard InChI is InChI=1S/C46H30N3O/c1-2-15-30(16-3-1)41-29-42(40-26-12-13-28-47-40)49-45(48-41)35-20-5-4-17-31(35)34-21-14-25-39-44(34)50-43-27-11-10-24-38(43)46(39)36-22-8-6-18-32(36)33-19-7-9-23-37(33)46/h1-27,29H,28H2/q-1. The molecule has 7 aromatic rings. The molecule has 50 heavy (non-hydrogen) atoms. The molecule has 3 heterocycles. The van der Waals surface area contributed by atoms with E-state index in [4.69, 9.17) is 20.0 Å². The smallest absolute Gasteiger partial charge is 0.160 e. The molecule has 1 aliphatic carbocycles.